The van der Waals surface area contributed by atoms with Gasteiger partial charge in [0.05, 0.1) is 15.9 Å². The summed E-state index contributed by atoms with van der Waals surface area (Å²) in [6.45, 7) is 5.58. The van der Waals surface area contributed by atoms with Crippen LogP contribution in [0.2, 0.25) is 0 Å². The minimum absolute atomic E-state index is 0.655. The molecule has 1 aliphatic rings. The van der Waals surface area contributed by atoms with Gasteiger partial charge in [-0.15, -0.1) is 0 Å². The first-order valence-corrected chi connectivity index (χ1v) is 7.84. The zero-order chi connectivity index (χ0) is 13.1. The molecule has 1 unspecified atom stereocenters. The van der Waals surface area contributed by atoms with Crippen molar-refractivity contribution in [1.29, 1.82) is 0 Å². The lowest BCUT2D eigenvalue weighted by Crippen LogP contribution is -2.38. The Morgan fingerprint density at radius 1 is 1.50 bits per heavy atom. The Bertz CT molecular complexity index is 396. The lowest BCUT2D eigenvalue weighted by Gasteiger charge is -2.28. The molecule has 3 nitrogen and oxygen atoms in total. The van der Waals surface area contributed by atoms with E-state index in [4.69, 9.17) is 0 Å². The number of aromatic nitrogens is 2. The van der Waals surface area contributed by atoms with Crippen molar-refractivity contribution >= 4 is 15.9 Å². The van der Waals surface area contributed by atoms with Crippen molar-refractivity contribution in [2.45, 2.75) is 52.0 Å². The molecule has 1 aliphatic carbocycles. The van der Waals surface area contributed by atoms with Gasteiger partial charge in [0.1, 0.15) is 0 Å². The number of hydrogen-bond acceptors (Lipinski definition) is 2. The molecule has 0 radical (unpaired) electrons. The average molecular weight is 314 g/mol. The molecule has 1 aromatic rings. The molecule has 4 heteroatoms. The molecule has 18 heavy (non-hydrogen) atoms. The van der Waals surface area contributed by atoms with E-state index in [0.717, 1.165) is 25.4 Å². The van der Waals surface area contributed by atoms with Crippen LogP contribution in [0, 0.1) is 5.92 Å². The van der Waals surface area contributed by atoms with Gasteiger partial charge in [-0.3, -0.25) is 4.68 Å². The quantitative estimate of drug-likeness (QED) is 0.874. The molecular formula is C14H24BrN3. The van der Waals surface area contributed by atoms with Gasteiger partial charge in [-0.05, 0) is 54.1 Å². The van der Waals surface area contributed by atoms with Crippen molar-refractivity contribution in [2.24, 2.45) is 13.0 Å². The second-order valence-electron chi connectivity index (χ2n) is 5.53. The highest BCUT2D eigenvalue weighted by Crippen LogP contribution is 2.24. The highest BCUT2D eigenvalue weighted by molar-refractivity contribution is 9.10. The summed E-state index contributed by atoms with van der Waals surface area (Å²) in [5, 5.41) is 8.21. The lowest BCUT2D eigenvalue weighted by molar-refractivity contribution is 0.319. The van der Waals surface area contributed by atoms with E-state index in [1.165, 1.54) is 35.1 Å². The summed E-state index contributed by atoms with van der Waals surface area (Å²) in [6, 6.07) is 0.786. The number of rotatable bonds is 6. The maximum atomic E-state index is 4.55. The fraction of sp³-hybridized carbons (Fsp3) is 0.786. The van der Waals surface area contributed by atoms with Crippen LogP contribution in [-0.4, -0.2) is 22.4 Å². The molecule has 1 fully saturated rings. The molecule has 1 saturated carbocycles. The normalized spacial score (nSPS) is 17.8. The van der Waals surface area contributed by atoms with Crippen LogP contribution >= 0.6 is 15.9 Å². The van der Waals surface area contributed by atoms with Crippen molar-refractivity contribution < 1.29 is 0 Å². The van der Waals surface area contributed by atoms with Gasteiger partial charge in [-0.1, -0.05) is 20.3 Å². The number of halogens is 1. The van der Waals surface area contributed by atoms with E-state index in [0.29, 0.717) is 5.92 Å². The van der Waals surface area contributed by atoms with Gasteiger partial charge in [0.2, 0.25) is 0 Å². The Morgan fingerprint density at radius 2 is 2.22 bits per heavy atom. The molecule has 2 rings (SSSR count). The molecular weight excluding hydrogens is 290 g/mol. The molecule has 0 amide bonds. The molecule has 1 aromatic heterocycles. The van der Waals surface area contributed by atoms with E-state index in [1.54, 1.807) is 0 Å². The van der Waals surface area contributed by atoms with Gasteiger partial charge >= 0.3 is 0 Å². The standard InChI is InChI=1S/C14H24BrN3/c1-4-12-14(15)13(18(3)17-12)8-10(2)9-16-11-6-5-7-11/h10-11,16H,4-9H2,1-3H3. The second kappa shape index (κ2) is 6.20. The Kier molecular flexibility index (Phi) is 4.84. The van der Waals surface area contributed by atoms with Crippen LogP contribution < -0.4 is 5.32 Å². The summed E-state index contributed by atoms with van der Waals surface area (Å²) in [5.41, 5.74) is 2.50. The van der Waals surface area contributed by atoms with Crippen molar-refractivity contribution in [3.05, 3.63) is 15.9 Å². The maximum absolute atomic E-state index is 4.55. The smallest absolute Gasteiger partial charge is 0.0766 e. The topological polar surface area (TPSA) is 29.9 Å². The van der Waals surface area contributed by atoms with Crippen LogP contribution in [-0.2, 0) is 19.9 Å². The van der Waals surface area contributed by atoms with E-state index in [1.807, 2.05) is 11.7 Å². The maximum Gasteiger partial charge on any atom is 0.0766 e. The van der Waals surface area contributed by atoms with Crippen molar-refractivity contribution in [1.82, 2.24) is 15.1 Å². The number of hydrogen-bond donors (Lipinski definition) is 1. The number of nitrogens with zero attached hydrogens (tertiary/aromatic N) is 2. The van der Waals surface area contributed by atoms with Crippen LogP contribution in [0.3, 0.4) is 0 Å². The molecule has 0 spiro atoms. The highest BCUT2D eigenvalue weighted by Gasteiger charge is 2.19. The predicted molar refractivity (Wildman–Crippen MR) is 78.8 cm³/mol. The summed E-state index contributed by atoms with van der Waals surface area (Å²) in [5.74, 6) is 0.655. The predicted octanol–water partition coefficient (Wildman–Crippen LogP) is 3.07. The van der Waals surface area contributed by atoms with Gasteiger partial charge in [0, 0.05) is 13.1 Å². The first kappa shape index (κ1) is 14.1. The Hall–Kier alpha value is -0.350. The zero-order valence-electron chi connectivity index (χ0n) is 11.7. The zero-order valence-corrected chi connectivity index (χ0v) is 13.3. The van der Waals surface area contributed by atoms with Crippen molar-refractivity contribution in [3.63, 3.8) is 0 Å². The fourth-order valence-electron chi connectivity index (χ4n) is 2.42. The van der Waals surface area contributed by atoms with Gasteiger partial charge in [0.25, 0.3) is 0 Å². The number of aryl methyl sites for hydroxylation is 2. The summed E-state index contributed by atoms with van der Waals surface area (Å²) in [7, 11) is 2.05. The highest BCUT2D eigenvalue weighted by atomic mass is 79.9. The molecule has 1 heterocycles. The lowest BCUT2D eigenvalue weighted by atomic mass is 9.92. The van der Waals surface area contributed by atoms with Crippen molar-refractivity contribution in [2.75, 3.05) is 6.54 Å². The first-order chi connectivity index (χ1) is 8.61. The van der Waals surface area contributed by atoms with E-state index >= 15 is 0 Å². The van der Waals surface area contributed by atoms with Crippen LogP contribution in [0.25, 0.3) is 0 Å². The van der Waals surface area contributed by atoms with E-state index in [9.17, 15) is 0 Å². The molecule has 0 aromatic carbocycles. The van der Waals surface area contributed by atoms with Gasteiger partial charge in [-0.2, -0.15) is 5.10 Å². The summed E-state index contributed by atoms with van der Waals surface area (Å²) >= 11 is 3.69. The third-order valence-electron chi connectivity index (χ3n) is 3.90. The van der Waals surface area contributed by atoms with Crippen LogP contribution in [0.5, 0.6) is 0 Å². The third-order valence-corrected chi connectivity index (χ3v) is 4.82. The molecule has 102 valence electrons. The second-order valence-corrected chi connectivity index (χ2v) is 6.32. The summed E-state index contributed by atoms with van der Waals surface area (Å²) < 4.78 is 3.24. The summed E-state index contributed by atoms with van der Waals surface area (Å²) in [6.07, 6.45) is 6.20. The Balaban J connectivity index is 1.89. The molecule has 0 saturated heterocycles. The Labute approximate surface area is 118 Å². The largest absolute Gasteiger partial charge is 0.314 e. The van der Waals surface area contributed by atoms with Crippen LogP contribution in [0.15, 0.2) is 4.47 Å². The monoisotopic (exact) mass is 313 g/mol. The fourth-order valence-corrected chi connectivity index (χ4v) is 3.20. The van der Waals surface area contributed by atoms with E-state index < -0.39 is 0 Å². The molecule has 0 bridgehead atoms. The van der Waals surface area contributed by atoms with Crippen LogP contribution in [0.4, 0.5) is 0 Å². The molecule has 0 aliphatic heterocycles. The Morgan fingerprint density at radius 3 is 2.72 bits per heavy atom. The minimum atomic E-state index is 0.655. The third kappa shape index (κ3) is 3.15. The van der Waals surface area contributed by atoms with Gasteiger partial charge < -0.3 is 5.32 Å². The average Bonchev–Trinajstić information content (AvgIpc) is 2.54. The van der Waals surface area contributed by atoms with E-state index in [2.05, 4.69) is 40.2 Å². The van der Waals surface area contributed by atoms with E-state index in [-0.39, 0.29) is 0 Å². The number of nitrogens with one attached hydrogen (secondary N) is 1. The van der Waals surface area contributed by atoms with Gasteiger partial charge in [0.15, 0.2) is 0 Å². The molecule has 1 N–H and O–H groups in total. The van der Waals surface area contributed by atoms with Gasteiger partial charge in [-0.25, -0.2) is 0 Å². The minimum Gasteiger partial charge on any atom is -0.314 e. The van der Waals surface area contributed by atoms with Crippen molar-refractivity contribution in [3.8, 4) is 0 Å². The SMILES string of the molecule is CCc1nn(C)c(CC(C)CNC2CCC2)c1Br. The first-order valence-electron chi connectivity index (χ1n) is 7.05. The molecule has 1 atom stereocenters. The summed E-state index contributed by atoms with van der Waals surface area (Å²) in [4.78, 5) is 0. The van der Waals surface area contributed by atoms with Crippen LogP contribution in [0.1, 0.15) is 44.5 Å².